The highest BCUT2D eigenvalue weighted by Crippen LogP contribution is 2.24. The van der Waals surface area contributed by atoms with Crippen LogP contribution in [0.3, 0.4) is 0 Å². The fourth-order valence-corrected chi connectivity index (χ4v) is 1.48. The molecular weight excluding hydrogens is 236 g/mol. The van der Waals surface area contributed by atoms with Crippen LogP contribution in [-0.4, -0.2) is 19.1 Å². The average molecular weight is 249 g/mol. The van der Waals surface area contributed by atoms with Crippen LogP contribution in [0.15, 0.2) is 42.6 Å². The van der Waals surface area contributed by atoms with Crippen LogP contribution in [0.1, 0.15) is 0 Å². The first-order valence-corrected chi connectivity index (χ1v) is 5.60. The Morgan fingerprint density at radius 3 is 2.65 bits per heavy atom. The standard InChI is InChI=1S/C13H13ClN2O/c1-16(2)11-4-3-5-12(8-11)17-13-7-6-10(14)9-15-13/h3-9H,1-2H3. The largest absolute Gasteiger partial charge is 0.439 e. The van der Waals surface area contributed by atoms with E-state index in [1.54, 1.807) is 18.3 Å². The van der Waals surface area contributed by atoms with E-state index in [1.165, 1.54) is 0 Å². The van der Waals surface area contributed by atoms with E-state index in [9.17, 15) is 0 Å². The Labute approximate surface area is 106 Å². The molecule has 0 N–H and O–H groups in total. The lowest BCUT2D eigenvalue weighted by molar-refractivity contribution is 0.463. The second kappa shape index (κ2) is 5.06. The second-order valence-electron chi connectivity index (χ2n) is 3.81. The van der Waals surface area contributed by atoms with Crippen molar-refractivity contribution in [1.82, 2.24) is 4.98 Å². The summed E-state index contributed by atoms with van der Waals surface area (Å²) >= 11 is 5.76. The van der Waals surface area contributed by atoms with Crippen molar-refractivity contribution in [3.8, 4) is 11.6 Å². The number of anilines is 1. The minimum absolute atomic E-state index is 0.533. The van der Waals surface area contributed by atoms with Gasteiger partial charge in [0.05, 0.1) is 5.02 Å². The van der Waals surface area contributed by atoms with Gasteiger partial charge in [0, 0.05) is 38.1 Å². The summed E-state index contributed by atoms with van der Waals surface area (Å²) in [6.07, 6.45) is 1.56. The second-order valence-corrected chi connectivity index (χ2v) is 4.24. The summed E-state index contributed by atoms with van der Waals surface area (Å²) in [6.45, 7) is 0. The molecule has 3 nitrogen and oxygen atoms in total. The Bertz CT molecular complexity index is 497. The molecule has 2 aromatic rings. The van der Waals surface area contributed by atoms with Gasteiger partial charge in [0.1, 0.15) is 5.75 Å². The number of hydrogen-bond acceptors (Lipinski definition) is 3. The predicted molar refractivity (Wildman–Crippen MR) is 70.1 cm³/mol. The molecule has 88 valence electrons. The summed E-state index contributed by atoms with van der Waals surface area (Å²) in [5.74, 6) is 1.29. The van der Waals surface area contributed by atoms with Crippen molar-refractivity contribution in [3.63, 3.8) is 0 Å². The van der Waals surface area contributed by atoms with Gasteiger partial charge in [-0.3, -0.25) is 0 Å². The summed E-state index contributed by atoms with van der Waals surface area (Å²) in [5, 5.41) is 0.597. The minimum Gasteiger partial charge on any atom is -0.439 e. The van der Waals surface area contributed by atoms with Crippen LogP contribution in [-0.2, 0) is 0 Å². The van der Waals surface area contributed by atoms with E-state index in [4.69, 9.17) is 16.3 Å². The molecule has 0 atom stereocenters. The number of aromatic nitrogens is 1. The first kappa shape index (κ1) is 11.7. The highest BCUT2D eigenvalue weighted by atomic mass is 35.5. The quantitative estimate of drug-likeness (QED) is 0.830. The van der Waals surface area contributed by atoms with Crippen LogP contribution in [0.5, 0.6) is 11.6 Å². The summed E-state index contributed by atoms with van der Waals surface area (Å²) in [7, 11) is 3.97. The van der Waals surface area contributed by atoms with Gasteiger partial charge in [-0.1, -0.05) is 17.7 Å². The number of nitrogens with zero attached hydrogens (tertiary/aromatic N) is 2. The Morgan fingerprint density at radius 2 is 2.00 bits per heavy atom. The zero-order valence-corrected chi connectivity index (χ0v) is 10.5. The molecule has 0 aliphatic heterocycles. The lowest BCUT2D eigenvalue weighted by atomic mass is 10.3. The summed E-state index contributed by atoms with van der Waals surface area (Å²) in [5.41, 5.74) is 1.08. The maximum absolute atomic E-state index is 5.76. The molecule has 0 bridgehead atoms. The fraction of sp³-hybridized carbons (Fsp3) is 0.154. The number of pyridine rings is 1. The number of halogens is 1. The van der Waals surface area contributed by atoms with Crippen molar-refractivity contribution in [2.75, 3.05) is 19.0 Å². The Hall–Kier alpha value is -1.74. The first-order chi connectivity index (χ1) is 8.15. The van der Waals surface area contributed by atoms with E-state index < -0.39 is 0 Å². The highest BCUT2D eigenvalue weighted by molar-refractivity contribution is 6.30. The molecule has 0 saturated heterocycles. The third-order valence-electron chi connectivity index (χ3n) is 2.26. The molecule has 17 heavy (non-hydrogen) atoms. The van der Waals surface area contributed by atoms with Crippen molar-refractivity contribution < 1.29 is 4.74 Å². The predicted octanol–water partition coefficient (Wildman–Crippen LogP) is 3.59. The molecule has 0 fully saturated rings. The highest BCUT2D eigenvalue weighted by Gasteiger charge is 2.01. The fourth-order valence-electron chi connectivity index (χ4n) is 1.37. The molecule has 1 aromatic heterocycles. The molecule has 0 amide bonds. The van der Waals surface area contributed by atoms with E-state index in [-0.39, 0.29) is 0 Å². The number of rotatable bonds is 3. The summed E-state index contributed by atoms with van der Waals surface area (Å²) in [4.78, 5) is 6.10. The van der Waals surface area contributed by atoms with Crippen LogP contribution >= 0.6 is 11.6 Å². The Balaban J connectivity index is 2.18. The molecule has 0 saturated carbocycles. The Kier molecular flexibility index (Phi) is 3.49. The van der Waals surface area contributed by atoms with Crippen LogP contribution in [0.25, 0.3) is 0 Å². The molecule has 1 aromatic carbocycles. The molecule has 0 radical (unpaired) electrons. The van der Waals surface area contributed by atoms with Gasteiger partial charge in [-0.25, -0.2) is 4.98 Å². The SMILES string of the molecule is CN(C)c1cccc(Oc2ccc(Cl)cn2)c1. The topological polar surface area (TPSA) is 25.4 Å². The van der Waals surface area contributed by atoms with Gasteiger partial charge in [0.2, 0.25) is 5.88 Å². The zero-order chi connectivity index (χ0) is 12.3. The van der Waals surface area contributed by atoms with E-state index >= 15 is 0 Å². The number of hydrogen-bond donors (Lipinski definition) is 0. The van der Waals surface area contributed by atoms with Gasteiger partial charge in [-0.15, -0.1) is 0 Å². The van der Waals surface area contributed by atoms with Gasteiger partial charge in [0.15, 0.2) is 0 Å². The van der Waals surface area contributed by atoms with Gasteiger partial charge in [0.25, 0.3) is 0 Å². The van der Waals surface area contributed by atoms with Gasteiger partial charge in [-0.2, -0.15) is 0 Å². The van der Waals surface area contributed by atoms with Crippen molar-refractivity contribution in [3.05, 3.63) is 47.6 Å². The molecule has 0 aliphatic rings. The van der Waals surface area contributed by atoms with Gasteiger partial charge >= 0.3 is 0 Å². The molecule has 0 aliphatic carbocycles. The van der Waals surface area contributed by atoms with E-state index in [1.807, 2.05) is 43.3 Å². The molecule has 1 heterocycles. The van der Waals surface area contributed by atoms with E-state index in [0.29, 0.717) is 10.9 Å². The number of ether oxygens (including phenoxy) is 1. The van der Waals surface area contributed by atoms with E-state index in [0.717, 1.165) is 11.4 Å². The van der Waals surface area contributed by atoms with Gasteiger partial charge < -0.3 is 9.64 Å². The smallest absolute Gasteiger partial charge is 0.219 e. The molecule has 4 heteroatoms. The third-order valence-corrected chi connectivity index (χ3v) is 2.48. The van der Waals surface area contributed by atoms with Crippen LogP contribution in [0, 0.1) is 0 Å². The van der Waals surface area contributed by atoms with Crippen molar-refractivity contribution in [2.24, 2.45) is 0 Å². The van der Waals surface area contributed by atoms with Crippen LogP contribution in [0.4, 0.5) is 5.69 Å². The molecule has 0 spiro atoms. The van der Waals surface area contributed by atoms with Crippen molar-refractivity contribution in [1.29, 1.82) is 0 Å². The molecular formula is C13H13ClN2O. The lowest BCUT2D eigenvalue weighted by Crippen LogP contribution is -2.08. The minimum atomic E-state index is 0.533. The summed E-state index contributed by atoms with van der Waals surface area (Å²) < 4.78 is 5.63. The monoisotopic (exact) mass is 248 g/mol. The lowest BCUT2D eigenvalue weighted by Gasteiger charge is -2.13. The average Bonchev–Trinajstić information content (AvgIpc) is 2.32. The van der Waals surface area contributed by atoms with Crippen LogP contribution in [0.2, 0.25) is 5.02 Å². The summed E-state index contributed by atoms with van der Waals surface area (Å²) in [6, 6.07) is 11.3. The van der Waals surface area contributed by atoms with Crippen molar-refractivity contribution in [2.45, 2.75) is 0 Å². The van der Waals surface area contributed by atoms with Crippen LogP contribution < -0.4 is 9.64 Å². The normalized spacial score (nSPS) is 10.1. The number of benzene rings is 1. The third kappa shape index (κ3) is 3.11. The van der Waals surface area contributed by atoms with Gasteiger partial charge in [-0.05, 0) is 18.2 Å². The zero-order valence-electron chi connectivity index (χ0n) is 9.72. The maximum Gasteiger partial charge on any atom is 0.219 e. The van der Waals surface area contributed by atoms with Crippen molar-refractivity contribution >= 4 is 17.3 Å². The molecule has 2 rings (SSSR count). The first-order valence-electron chi connectivity index (χ1n) is 5.22. The maximum atomic E-state index is 5.76. The molecule has 0 unspecified atom stereocenters. The van der Waals surface area contributed by atoms with E-state index in [2.05, 4.69) is 4.98 Å². The Morgan fingerprint density at radius 1 is 1.18 bits per heavy atom.